The van der Waals surface area contributed by atoms with E-state index in [-0.39, 0.29) is 11.9 Å². The normalized spacial score (nSPS) is 17.0. The van der Waals surface area contributed by atoms with Crippen LogP contribution in [0.3, 0.4) is 0 Å². The Labute approximate surface area is 172 Å². The summed E-state index contributed by atoms with van der Waals surface area (Å²) in [6, 6.07) is 5.43. The van der Waals surface area contributed by atoms with Crippen LogP contribution in [0, 0.1) is 13.8 Å². The van der Waals surface area contributed by atoms with Crippen LogP contribution in [0.15, 0.2) is 35.0 Å². The molecule has 4 heterocycles. The molecule has 0 aromatic carbocycles. The first-order chi connectivity index (χ1) is 14.1. The summed E-state index contributed by atoms with van der Waals surface area (Å²) in [6.45, 7) is 4.46. The quantitative estimate of drug-likeness (QED) is 0.634. The van der Waals surface area contributed by atoms with Gasteiger partial charge in [0.2, 0.25) is 11.0 Å². The van der Waals surface area contributed by atoms with E-state index in [1.165, 1.54) is 11.3 Å². The summed E-state index contributed by atoms with van der Waals surface area (Å²) >= 11 is 1.46. The molecule has 0 aliphatic carbocycles. The summed E-state index contributed by atoms with van der Waals surface area (Å²) in [5.74, 6) is 1.92. The van der Waals surface area contributed by atoms with E-state index in [2.05, 4.69) is 25.5 Å². The van der Waals surface area contributed by atoms with Gasteiger partial charge in [0.15, 0.2) is 0 Å². The van der Waals surface area contributed by atoms with Crippen LogP contribution in [-0.2, 0) is 4.79 Å². The molecular formula is C20H22N6O2S. The number of anilines is 2. The van der Waals surface area contributed by atoms with Crippen LogP contribution in [0.25, 0.3) is 6.08 Å². The molecule has 1 amide bonds. The summed E-state index contributed by atoms with van der Waals surface area (Å²) in [6.07, 6.45) is 7.76. The number of rotatable bonds is 5. The predicted octanol–water partition coefficient (Wildman–Crippen LogP) is 4.05. The maximum absolute atomic E-state index is 12.9. The number of nitrogens with one attached hydrogen (secondary N) is 1. The number of aryl methyl sites for hydroxylation is 2. The smallest absolute Gasteiger partial charge is 0.247 e. The lowest BCUT2D eigenvalue weighted by molar-refractivity contribution is -0.129. The topological polar surface area (TPSA) is 97.0 Å². The highest BCUT2D eigenvalue weighted by atomic mass is 32.1. The van der Waals surface area contributed by atoms with Crippen LogP contribution < -0.4 is 5.32 Å². The van der Waals surface area contributed by atoms with Crippen molar-refractivity contribution in [2.75, 3.05) is 11.9 Å². The third-order valence-electron chi connectivity index (χ3n) is 4.68. The first kappa shape index (κ1) is 19.3. The molecule has 0 saturated carbocycles. The highest BCUT2D eigenvalue weighted by Gasteiger charge is 2.28. The van der Waals surface area contributed by atoms with Crippen LogP contribution in [0.5, 0.6) is 0 Å². The van der Waals surface area contributed by atoms with Crippen LogP contribution in [0.4, 0.5) is 10.9 Å². The molecule has 150 valence electrons. The molecule has 1 aliphatic rings. The van der Waals surface area contributed by atoms with Gasteiger partial charge in [-0.15, -0.1) is 10.2 Å². The second-order valence-electron chi connectivity index (χ2n) is 6.87. The molecule has 0 spiro atoms. The Hall–Kier alpha value is -3.07. The second-order valence-corrected chi connectivity index (χ2v) is 8.05. The van der Waals surface area contributed by atoms with Crippen molar-refractivity contribution in [1.82, 2.24) is 25.1 Å². The fourth-order valence-electron chi connectivity index (χ4n) is 3.42. The minimum atomic E-state index is -0.0871. The Morgan fingerprint density at radius 3 is 2.97 bits per heavy atom. The molecule has 9 heteroatoms. The molecule has 3 aromatic heterocycles. The van der Waals surface area contributed by atoms with E-state index in [9.17, 15) is 4.79 Å². The maximum atomic E-state index is 12.9. The lowest BCUT2D eigenvalue weighted by Gasteiger charge is -2.35. The Bertz CT molecular complexity index is 1010. The molecule has 1 saturated heterocycles. The zero-order valence-corrected chi connectivity index (χ0v) is 17.1. The minimum absolute atomic E-state index is 0.0448. The van der Waals surface area contributed by atoms with Crippen molar-refractivity contribution in [3.63, 3.8) is 0 Å². The molecule has 1 fully saturated rings. The Balaban J connectivity index is 1.56. The lowest BCUT2D eigenvalue weighted by atomic mass is 9.98. The first-order valence-electron chi connectivity index (χ1n) is 9.53. The van der Waals surface area contributed by atoms with E-state index in [1.54, 1.807) is 24.5 Å². The van der Waals surface area contributed by atoms with E-state index in [0.29, 0.717) is 29.1 Å². The SMILES string of the molecule is Cc1nc(Nc2nnc(C)s2)cc([C@H]2CCCCN2C(=O)/C=C/c2ccco2)n1. The zero-order valence-electron chi connectivity index (χ0n) is 16.3. The molecule has 3 aromatic rings. The zero-order chi connectivity index (χ0) is 20.2. The maximum Gasteiger partial charge on any atom is 0.247 e. The number of piperidine rings is 1. The molecule has 8 nitrogen and oxygen atoms in total. The average molecular weight is 411 g/mol. The first-order valence-corrected chi connectivity index (χ1v) is 10.3. The number of hydrogen-bond donors (Lipinski definition) is 1. The van der Waals surface area contributed by atoms with E-state index in [0.717, 1.165) is 30.0 Å². The fourth-order valence-corrected chi connectivity index (χ4v) is 4.02. The number of hydrogen-bond acceptors (Lipinski definition) is 8. The van der Waals surface area contributed by atoms with Gasteiger partial charge in [-0.05, 0) is 51.3 Å². The summed E-state index contributed by atoms with van der Waals surface area (Å²) in [7, 11) is 0. The molecule has 0 radical (unpaired) electrons. The Morgan fingerprint density at radius 1 is 1.31 bits per heavy atom. The van der Waals surface area contributed by atoms with E-state index in [1.807, 2.05) is 30.9 Å². The summed E-state index contributed by atoms with van der Waals surface area (Å²) in [4.78, 5) is 23.8. The van der Waals surface area contributed by atoms with E-state index < -0.39 is 0 Å². The van der Waals surface area contributed by atoms with Gasteiger partial charge in [-0.3, -0.25) is 4.79 Å². The van der Waals surface area contributed by atoms with Crippen molar-refractivity contribution < 1.29 is 9.21 Å². The largest absolute Gasteiger partial charge is 0.465 e. The third-order valence-corrected chi connectivity index (χ3v) is 5.43. The van der Waals surface area contributed by atoms with Gasteiger partial charge < -0.3 is 14.6 Å². The molecule has 4 rings (SSSR count). The standard InChI is InChI=1S/C20H22N6O2S/c1-13-21-16(12-18(22-13)23-20-25-24-14(2)29-20)17-7-3-4-10-26(17)19(27)9-8-15-6-5-11-28-15/h5-6,8-9,11-12,17H,3-4,7,10H2,1-2H3,(H,21,22,23,25)/b9-8+/t17-/m1/s1. The molecule has 1 N–H and O–H groups in total. The summed E-state index contributed by atoms with van der Waals surface area (Å²) in [5, 5.41) is 12.9. The monoisotopic (exact) mass is 410 g/mol. The molecule has 0 unspecified atom stereocenters. The van der Waals surface area contributed by atoms with E-state index in [4.69, 9.17) is 4.42 Å². The number of carbonyl (C=O) groups excluding carboxylic acids is 1. The minimum Gasteiger partial charge on any atom is -0.465 e. The van der Waals surface area contributed by atoms with Gasteiger partial charge in [-0.25, -0.2) is 9.97 Å². The Morgan fingerprint density at radius 2 is 2.21 bits per heavy atom. The van der Waals surface area contributed by atoms with Crippen molar-refractivity contribution in [2.24, 2.45) is 0 Å². The second kappa shape index (κ2) is 8.52. The number of likely N-dealkylation sites (tertiary alicyclic amines) is 1. The molecule has 0 bridgehead atoms. The molecule has 1 atom stereocenters. The molecule has 29 heavy (non-hydrogen) atoms. The van der Waals surface area contributed by atoms with Crippen molar-refractivity contribution >= 4 is 34.3 Å². The number of amides is 1. The molecule has 1 aliphatic heterocycles. The van der Waals surface area contributed by atoms with Crippen LogP contribution in [-0.4, -0.2) is 37.5 Å². The van der Waals surface area contributed by atoms with Gasteiger partial charge in [0.1, 0.15) is 22.4 Å². The summed E-state index contributed by atoms with van der Waals surface area (Å²) < 4.78 is 5.28. The van der Waals surface area contributed by atoms with Crippen molar-refractivity contribution in [1.29, 1.82) is 0 Å². The van der Waals surface area contributed by atoms with Gasteiger partial charge in [0.05, 0.1) is 18.0 Å². The highest BCUT2D eigenvalue weighted by molar-refractivity contribution is 7.15. The highest BCUT2D eigenvalue weighted by Crippen LogP contribution is 2.31. The number of aromatic nitrogens is 4. The number of carbonyl (C=O) groups is 1. The summed E-state index contributed by atoms with van der Waals surface area (Å²) in [5.41, 5.74) is 0.834. The van der Waals surface area contributed by atoms with Gasteiger partial charge in [-0.2, -0.15) is 0 Å². The molecular weight excluding hydrogens is 388 g/mol. The Kier molecular flexibility index (Phi) is 5.66. The third kappa shape index (κ3) is 4.68. The van der Waals surface area contributed by atoms with Crippen LogP contribution in [0.2, 0.25) is 0 Å². The van der Waals surface area contributed by atoms with Crippen molar-refractivity contribution in [3.8, 4) is 0 Å². The number of furan rings is 1. The van der Waals surface area contributed by atoms with Crippen molar-refractivity contribution in [2.45, 2.75) is 39.2 Å². The van der Waals surface area contributed by atoms with Crippen LogP contribution in [0.1, 0.15) is 47.6 Å². The van der Waals surface area contributed by atoms with Gasteiger partial charge in [-0.1, -0.05) is 11.3 Å². The van der Waals surface area contributed by atoms with Gasteiger partial charge >= 0.3 is 0 Å². The van der Waals surface area contributed by atoms with Gasteiger partial charge in [0.25, 0.3) is 0 Å². The number of nitrogens with zero attached hydrogens (tertiary/aromatic N) is 5. The fraction of sp³-hybridized carbons (Fsp3) is 0.350. The lowest BCUT2D eigenvalue weighted by Crippen LogP contribution is -2.38. The van der Waals surface area contributed by atoms with Crippen molar-refractivity contribution in [3.05, 3.63) is 52.8 Å². The average Bonchev–Trinajstić information content (AvgIpc) is 3.37. The van der Waals surface area contributed by atoms with E-state index >= 15 is 0 Å². The predicted molar refractivity (Wildman–Crippen MR) is 111 cm³/mol. The van der Waals surface area contributed by atoms with Crippen LogP contribution >= 0.6 is 11.3 Å². The van der Waals surface area contributed by atoms with Gasteiger partial charge in [0, 0.05) is 18.7 Å².